The fourth-order valence-electron chi connectivity index (χ4n) is 2.30. The maximum atomic E-state index is 11.8. The van der Waals surface area contributed by atoms with Gasteiger partial charge < -0.3 is 20.3 Å². The number of rotatable bonds is 3. The molecule has 5 nitrogen and oxygen atoms in total. The molecule has 1 amide bonds. The molecule has 2 aliphatic heterocycles. The maximum Gasteiger partial charge on any atom is 0.250 e. The predicted molar refractivity (Wildman–Crippen MR) is 75.8 cm³/mol. The molecular formula is C11H23Cl2N3O2. The van der Waals surface area contributed by atoms with E-state index in [1.165, 1.54) is 12.8 Å². The van der Waals surface area contributed by atoms with E-state index >= 15 is 0 Å². The molecule has 2 heterocycles. The summed E-state index contributed by atoms with van der Waals surface area (Å²) in [6, 6.07) is 0.500. The van der Waals surface area contributed by atoms with Crippen molar-refractivity contribution in [3.63, 3.8) is 0 Å². The van der Waals surface area contributed by atoms with Crippen LogP contribution in [0.15, 0.2) is 0 Å². The molecule has 0 aromatic carbocycles. The van der Waals surface area contributed by atoms with Gasteiger partial charge in [-0.05, 0) is 26.4 Å². The van der Waals surface area contributed by atoms with Gasteiger partial charge in [0.25, 0.3) is 5.91 Å². The number of carbonyl (C=O) groups is 1. The summed E-state index contributed by atoms with van der Waals surface area (Å²) < 4.78 is 5.39. The van der Waals surface area contributed by atoms with E-state index in [-0.39, 0.29) is 36.8 Å². The molecule has 0 saturated carbocycles. The first-order valence-corrected chi connectivity index (χ1v) is 6.07. The number of carbonyl (C=O) groups excluding carboxylic acids is 1. The van der Waals surface area contributed by atoms with Crippen LogP contribution in [-0.2, 0) is 9.53 Å². The molecule has 7 heteroatoms. The lowest BCUT2D eigenvalue weighted by Gasteiger charge is -2.25. The van der Waals surface area contributed by atoms with Crippen molar-refractivity contribution < 1.29 is 9.53 Å². The average Bonchev–Trinajstić information content (AvgIpc) is 2.73. The second-order valence-electron chi connectivity index (χ2n) is 4.59. The van der Waals surface area contributed by atoms with Gasteiger partial charge in [-0.2, -0.15) is 0 Å². The van der Waals surface area contributed by atoms with Gasteiger partial charge in [-0.25, -0.2) is 0 Å². The molecule has 0 aromatic heterocycles. The van der Waals surface area contributed by atoms with E-state index in [2.05, 4.69) is 22.6 Å². The van der Waals surface area contributed by atoms with Gasteiger partial charge in [0.2, 0.25) is 0 Å². The fourth-order valence-corrected chi connectivity index (χ4v) is 2.30. The van der Waals surface area contributed by atoms with Crippen LogP contribution in [0.2, 0.25) is 0 Å². The second kappa shape index (κ2) is 8.93. The number of halogens is 2. The molecule has 108 valence electrons. The van der Waals surface area contributed by atoms with E-state index in [4.69, 9.17) is 4.74 Å². The molecule has 0 radical (unpaired) electrons. The summed E-state index contributed by atoms with van der Waals surface area (Å²) in [6.45, 7) is 3.99. The molecule has 2 rings (SSSR count). The lowest BCUT2D eigenvalue weighted by Crippen LogP contribution is -2.50. The first-order chi connectivity index (χ1) is 7.77. The number of hydrogen-bond acceptors (Lipinski definition) is 4. The molecule has 0 aliphatic carbocycles. The first-order valence-electron chi connectivity index (χ1n) is 6.07. The Morgan fingerprint density at radius 3 is 2.83 bits per heavy atom. The van der Waals surface area contributed by atoms with Crippen LogP contribution < -0.4 is 10.6 Å². The van der Waals surface area contributed by atoms with Crippen LogP contribution in [0.3, 0.4) is 0 Å². The largest absolute Gasteiger partial charge is 0.366 e. The molecule has 0 bridgehead atoms. The van der Waals surface area contributed by atoms with Crippen molar-refractivity contribution in [2.75, 3.05) is 39.8 Å². The average molecular weight is 300 g/mol. The molecule has 2 aliphatic rings. The highest BCUT2D eigenvalue weighted by Crippen LogP contribution is 2.13. The van der Waals surface area contributed by atoms with Gasteiger partial charge in [0.05, 0.1) is 6.61 Å². The molecule has 2 N–H and O–H groups in total. The molecule has 2 unspecified atom stereocenters. The molecule has 0 spiro atoms. The molecule has 0 aromatic rings. The van der Waals surface area contributed by atoms with Gasteiger partial charge in [0, 0.05) is 25.7 Å². The van der Waals surface area contributed by atoms with Gasteiger partial charge in [-0.15, -0.1) is 24.8 Å². The number of nitrogens with one attached hydrogen (secondary N) is 2. The van der Waals surface area contributed by atoms with Crippen molar-refractivity contribution in [2.24, 2.45) is 0 Å². The first kappa shape index (κ1) is 17.9. The van der Waals surface area contributed by atoms with E-state index in [9.17, 15) is 4.79 Å². The van der Waals surface area contributed by atoms with Crippen molar-refractivity contribution in [1.82, 2.24) is 15.5 Å². The lowest BCUT2D eigenvalue weighted by atomic mass is 10.2. The number of hydrogen-bond donors (Lipinski definition) is 2. The number of morpholine rings is 1. The minimum absolute atomic E-state index is 0. The zero-order valence-electron chi connectivity index (χ0n) is 10.7. The van der Waals surface area contributed by atoms with Gasteiger partial charge in [0.1, 0.15) is 6.10 Å². The number of likely N-dealkylation sites (N-methyl/N-ethyl adjacent to an activating group) is 1. The zero-order valence-corrected chi connectivity index (χ0v) is 12.3. The van der Waals surface area contributed by atoms with Crippen LogP contribution in [0.1, 0.15) is 12.8 Å². The van der Waals surface area contributed by atoms with Crippen LogP contribution in [0.5, 0.6) is 0 Å². The third kappa shape index (κ3) is 4.90. The smallest absolute Gasteiger partial charge is 0.250 e. The Labute approximate surface area is 121 Å². The summed E-state index contributed by atoms with van der Waals surface area (Å²) in [5, 5.41) is 6.14. The summed E-state index contributed by atoms with van der Waals surface area (Å²) >= 11 is 0. The summed E-state index contributed by atoms with van der Waals surface area (Å²) in [6.07, 6.45) is 2.11. The Hall–Kier alpha value is -0.0700. The Morgan fingerprint density at radius 2 is 2.28 bits per heavy atom. The standard InChI is InChI=1S/C11H21N3O2.2ClH/c1-14-5-2-3-9(14)7-13-11(15)10-8-12-4-6-16-10;;/h9-10,12H,2-8H2,1H3,(H,13,15);2*1H. The van der Waals surface area contributed by atoms with Crippen LogP contribution in [0.4, 0.5) is 0 Å². The third-order valence-electron chi connectivity index (χ3n) is 3.40. The van der Waals surface area contributed by atoms with Crippen molar-refractivity contribution in [3.8, 4) is 0 Å². The van der Waals surface area contributed by atoms with Crippen molar-refractivity contribution >= 4 is 30.7 Å². The Bertz CT molecular complexity index is 250. The third-order valence-corrected chi connectivity index (χ3v) is 3.40. The lowest BCUT2D eigenvalue weighted by molar-refractivity contribution is -0.134. The molecule has 2 fully saturated rings. The minimum atomic E-state index is -0.305. The van der Waals surface area contributed by atoms with Gasteiger partial charge in [-0.1, -0.05) is 0 Å². The summed E-state index contributed by atoms with van der Waals surface area (Å²) in [5.41, 5.74) is 0. The minimum Gasteiger partial charge on any atom is -0.366 e. The predicted octanol–water partition coefficient (Wildman–Crippen LogP) is 0.0288. The van der Waals surface area contributed by atoms with E-state index in [1.807, 2.05) is 0 Å². The van der Waals surface area contributed by atoms with Crippen molar-refractivity contribution in [1.29, 1.82) is 0 Å². The van der Waals surface area contributed by atoms with E-state index < -0.39 is 0 Å². The monoisotopic (exact) mass is 299 g/mol. The van der Waals surface area contributed by atoms with E-state index in [0.29, 0.717) is 19.2 Å². The number of amides is 1. The quantitative estimate of drug-likeness (QED) is 0.772. The Balaban J connectivity index is 0.00000144. The Kier molecular flexibility index (Phi) is 8.90. The van der Waals surface area contributed by atoms with Crippen LogP contribution in [0, 0.1) is 0 Å². The molecule has 2 atom stereocenters. The topological polar surface area (TPSA) is 53.6 Å². The molecule has 18 heavy (non-hydrogen) atoms. The van der Waals surface area contributed by atoms with Crippen LogP contribution in [0.25, 0.3) is 0 Å². The van der Waals surface area contributed by atoms with Gasteiger partial charge in [-0.3, -0.25) is 4.79 Å². The SMILES string of the molecule is CN1CCCC1CNC(=O)C1CNCCO1.Cl.Cl. The van der Waals surface area contributed by atoms with E-state index in [0.717, 1.165) is 19.6 Å². The highest BCUT2D eigenvalue weighted by molar-refractivity contribution is 5.85. The van der Waals surface area contributed by atoms with Gasteiger partial charge in [0.15, 0.2) is 0 Å². The highest BCUT2D eigenvalue weighted by atomic mass is 35.5. The molecule has 2 saturated heterocycles. The molecular weight excluding hydrogens is 277 g/mol. The van der Waals surface area contributed by atoms with Crippen LogP contribution in [-0.4, -0.2) is 62.8 Å². The Morgan fingerprint density at radius 1 is 1.50 bits per heavy atom. The van der Waals surface area contributed by atoms with Crippen molar-refractivity contribution in [2.45, 2.75) is 25.0 Å². The normalized spacial score (nSPS) is 28.1. The number of likely N-dealkylation sites (tertiary alicyclic amines) is 1. The zero-order chi connectivity index (χ0) is 11.4. The highest BCUT2D eigenvalue weighted by Gasteiger charge is 2.25. The number of nitrogens with zero attached hydrogens (tertiary/aromatic N) is 1. The summed E-state index contributed by atoms with van der Waals surface area (Å²) in [5.74, 6) is 0.0208. The fraction of sp³-hybridized carbons (Fsp3) is 0.909. The number of ether oxygens (including phenoxy) is 1. The van der Waals surface area contributed by atoms with Crippen molar-refractivity contribution in [3.05, 3.63) is 0 Å². The van der Waals surface area contributed by atoms with Gasteiger partial charge >= 0.3 is 0 Å². The summed E-state index contributed by atoms with van der Waals surface area (Å²) in [7, 11) is 2.11. The second-order valence-corrected chi connectivity index (χ2v) is 4.59. The maximum absolute atomic E-state index is 11.8. The van der Waals surface area contributed by atoms with Crippen LogP contribution >= 0.6 is 24.8 Å². The van der Waals surface area contributed by atoms with E-state index in [1.54, 1.807) is 0 Å². The summed E-state index contributed by atoms with van der Waals surface area (Å²) in [4.78, 5) is 14.1.